The number of benzene rings is 2. The summed E-state index contributed by atoms with van der Waals surface area (Å²) in [6.45, 7) is 4.03. The van der Waals surface area contributed by atoms with Crippen LogP contribution in [0.4, 0.5) is 4.39 Å². The van der Waals surface area contributed by atoms with E-state index in [-0.39, 0.29) is 30.3 Å². The van der Waals surface area contributed by atoms with E-state index in [1.54, 1.807) is 4.90 Å². The van der Waals surface area contributed by atoms with E-state index in [0.717, 1.165) is 36.8 Å². The van der Waals surface area contributed by atoms with Gasteiger partial charge in [-0.3, -0.25) is 9.59 Å². The molecular weight excluding hydrogens is 407 g/mol. The van der Waals surface area contributed by atoms with Crippen LogP contribution < -0.4 is 10.1 Å². The van der Waals surface area contributed by atoms with Crippen molar-refractivity contribution in [3.8, 4) is 5.75 Å². The molecule has 5 nitrogen and oxygen atoms in total. The van der Waals surface area contributed by atoms with E-state index < -0.39 is 6.04 Å². The van der Waals surface area contributed by atoms with E-state index in [1.807, 2.05) is 38.1 Å². The summed E-state index contributed by atoms with van der Waals surface area (Å²) in [5, 5.41) is 3.17. The standard InChI is InChI=1S/C26H33FN2O3/c1-3-24(26(31)28-22-10-5-4-6-11-22)29(17-20-9-7-8-19(2)16-20)25(30)18-32-23-14-12-21(27)13-15-23/h7-9,12-16,22,24H,3-6,10-11,17-18H2,1-2H3,(H,28,31)/t24-/m0/s1. The molecule has 0 unspecified atom stereocenters. The van der Waals surface area contributed by atoms with Gasteiger partial charge < -0.3 is 15.0 Å². The molecule has 1 saturated carbocycles. The zero-order chi connectivity index (χ0) is 22.9. The Morgan fingerprint density at radius 3 is 2.50 bits per heavy atom. The zero-order valence-electron chi connectivity index (χ0n) is 19.0. The Labute approximate surface area is 190 Å². The number of ether oxygens (including phenoxy) is 1. The van der Waals surface area contributed by atoms with Crippen molar-refractivity contribution in [3.05, 3.63) is 65.5 Å². The highest BCUT2D eigenvalue weighted by Gasteiger charge is 2.30. The minimum atomic E-state index is -0.582. The van der Waals surface area contributed by atoms with Crippen molar-refractivity contribution < 1.29 is 18.7 Å². The predicted octanol–water partition coefficient (Wildman–Crippen LogP) is 4.77. The lowest BCUT2D eigenvalue weighted by Gasteiger charge is -2.32. The third-order valence-corrected chi connectivity index (χ3v) is 5.95. The average molecular weight is 441 g/mol. The second-order valence-electron chi connectivity index (χ2n) is 8.52. The summed E-state index contributed by atoms with van der Waals surface area (Å²) in [7, 11) is 0. The number of carbonyl (C=O) groups is 2. The van der Waals surface area contributed by atoms with Gasteiger partial charge in [-0.2, -0.15) is 0 Å². The van der Waals surface area contributed by atoms with Crippen LogP contribution >= 0.6 is 0 Å². The first kappa shape index (κ1) is 23.8. The normalized spacial score (nSPS) is 15.1. The Hall–Kier alpha value is -2.89. The maximum Gasteiger partial charge on any atom is 0.261 e. The van der Waals surface area contributed by atoms with E-state index in [4.69, 9.17) is 4.74 Å². The van der Waals surface area contributed by atoms with Gasteiger partial charge in [0.25, 0.3) is 5.91 Å². The number of aryl methyl sites for hydroxylation is 1. The molecule has 0 bridgehead atoms. The summed E-state index contributed by atoms with van der Waals surface area (Å²) in [6, 6.07) is 13.1. The molecular formula is C26H33FN2O3. The van der Waals surface area contributed by atoms with Gasteiger partial charge in [0.15, 0.2) is 6.61 Å². The number of halogens is 1. The molecule has 3 rings (SSSR count). The fourth-order valence-electron chi connectivity index (χ4n) is 4.23. The summed E-state index contributed by atoms with van der Waals surface area (Å²) >= 11 is 0. The molecule has 1 atom stereocenters. The highest BCUT2D eigenvalue weighted by Crippen LogP contribution is 2.19. The molecule has 1 fully saturated rings. The number of nitrogens with zero attached hydrogens (tertiary/aromatic N) is 1. The van der Waals surface area contributed by atoms with Crippen LogP contribution in [-0.2, 0) is 16.1 Å². The van der Waals surface area contributed by atoms with E-state index in [2.05, 4.69) is 5.32 Å². The molecule has 1 N–H and O–H groups in total. The highest BCUT2D eigenvalue weighted by molar-refractivity contribution is 5.88. The van der Waals surface area contributed by atoms with Gasteiger partial charge in [-0.25, -0.2) is 4.39 Å². The van der Waals surface area contributed by atoms with Gasteiger partial charge in [0.05, 0.1) is 0 Å². The lowest BCUT2D eigenvalue weighted by atomic mass is 9.95. The first-order valence-corrected chi connectivity index (χ1v) is 11.5. The molecule has 6 heteroatoms. The quantitative estimate of drug-likeness (QED) is 0.611. The zero-order valence-corrected chi connectivity index (χ0v) is 19.0. The molecule has 2 amide bonds. The molecule has 0 aliphatic heterocycles. The number of carbonyl (C=O) groups excluding carboxylic acids is 2. The Kier molecular flexibility index (Phi) is 8.65. The van der Waals surface area contributed by atoms with Crippen molar-refractivity contribution in [2.45, 2.75) is 71.0 Å². The maximum absolute atomic E-state index is 13.2. The number of hydrogen-bond donors (Lipinski definition) is 1. The SMILES string of the molecule is CC[C@@H](C(=O)NC1CCCCC1)N(Cc1cccc(C)c1)C(=O)COc1ccc(F)cc1. The minimum Gasteiger partial charge on any atom is -0.484 e. The van der Waals surface area contributed by atoms with E-state index in [9.17, 15) is 14.0 Å². The van der Waals surface area contributed by atoms with Crippen molar-refractivity contribution in [2.75, 3.05) is 6.61 Å². The summed E-state index contributed by atoms with van der Waals surface area (Å²) in [4.78, 5) is 28.0. The van der Waals surface area contributed by atoms with Crippen LogP contribution in [0, 0.1) is 12.7 Å². The second-order valence-corrected chi connectivity index (χ2v) is 8.52. The molecule has 0 radical (unpaired) electrons. The molecule has 0 spiro atoms. The number of hydrogen-bond acceptors (Lipinski definition) is 3. The summed E-state index contributed by atoms with van der Waals surface area (Å²) in [6.07, 6.45) is 5.94. The molecule has 0 aromatic heterocycles. The van der Waals surface area contributed by atoms with Crippen molar-refractivity contribution in [1.82, 2.24) is 10.2 Å². The molecule has 0 heterocycles. The molecule has 2 aromatic carbocycles. The Morgan fingerprint density at radius 1 is 1.12 bits per heavy atom. The summed E-state index contributed by atoms with van der Waals surface area (Å²) in [5.41, 5.74) is 2.06. The highest BCUT2D eigenvalue weighted by atomic mass is 19.1. The van der Waals surface area contributed by atoms with Gasteiger partial charge in [0.1, 0.15) is 17.6 Å². The van der Waals surface area contributed by atoms with Crippen molar-refractivity contribution in [1.29, 1.82) is 0 Å². The lowest BCUT2D eigenvalue weighted by molar-refractivity contribution is -0.143. The molecule has 172 valence electrons. The lowest BCUT2D eigenvalue weighted by Crippen LogP contribution is -2.52. The van der Waals surface area contributed by atoms with Crippen LogP contribution in [0.3, 0.4) is 0 Å². The molecule has 32 heavy (non-hydrogen) atoms. The fourth-order valence-corrected chi connectivity index (χ4v) is 4.23. The van der Waals surface area contributed by atoms with Gasteiger partial charge in [-0.1, -0.05) is 56.0 Å². The van der Waals surface area contributed by atoms with Gasteiger partial charge in [0.2, 0.25) is 5.91 Å². The number of amides is 2. The van der Waals surface area contributed by atoms with Gasteiger partial charge in [-0.05, 0) is 56.0 Å². The largest absolute Gasteiger partial charge is 0.484 e. The van der Waals surface area contributed by atoms with Crippen LogP contribution in [0.5, 0.6) is 5.75 Å². The van der Waals surface area contributed by atoms with Gasteiger partial charge in [-0.15, -0.1) is 0 Å². The third kappa shape index (κ3) is 6.81. The van der Waals surface area contributed by atoms with Crippen molar-refractivity contribution in [3.63, 3.8) is 0 Å². The Morgan fingerprint density at radius 2 is 1.84 bits per heavy atom. The van der Waals surface area contributed by atoms with Crippen LogP contribution in [0.2, 0.25) is 0 Å². The molecule has 2 aromatic rings. The fraction of sp³-hybridized carbons (Fsp3) is 0.462. The number of nitrogens with one attached hydrogen (secondary N) is 1. The molecule has 0 saturated heterocycles. The van der Waals surface area contributed by atoms with Gasteiger partial charge in [0, 0.05) is 12.6 Å². The minimum absolute atomic E-state index is 0.109. The second kappa shape index (κ2) is 11.7. The summed E-state index contributed by atoms with van der Waals surface area (Å²) in [5.74, 6) is -0.339. The Bertz CT molecular complexity index is 894. The van der Waals surface area contributed by atoms with E-state index in [1.165, 1.54) is 30.7 Å². The monoisotopic (exact) mass is 440 g/mol. The van der Waals surface area contributed by atoms with Crippen LogP contribution in [-0.4, -0.2) is 35.4 Å². The average Bonchev–Trinajstić information content (AvgIpc) is 2.79. The molecule has 1 aliphatic rings. The topological polar surface area (TPSA) is 58.6 Å². The van der Waals surface area contributed by atoms with Crippen molar-refractivity contribution >= 4 is 11.8 Å². The third-order valence-electron chi connectivity index (χ3n) is 5.95. The summed E-state index contributed by atoms with van der Waals surface area (Å²) < 4.78 is 18.7. The van der Waals surface area contributed by atoms with E-state index >= 15 is 0 Å². The van der Waals surface area contributed by atoms with Crippen molar-refractivity contribution in [2.24, 2.45) is 0 Å². The first-order chi connectivity index (χ1) is 15.5. The van der Waals surface area contributed by atoms with E-state index in [0.29, 0.717) is 18.7 Å². The maximum atomic E-state index is 13.2. The Balaban J connectivity index is 1.74. The van der Waals surface area contributed by atoms with Crippen LogP contribution in [0.25, 0.3) is 0 Å². The van der Waals surface area contributed by atoms with Crippen LogP contribution in [0.1, 0.15) is 56.6 Å². The smallest absolute Gasteiger partial charge is 0.261 e. The number of rotatable bonds is 9. The molecule has 1 aliphatic carbocycles. The van der Waals surface area contributed by atoms with Crippen LogP contribution in [0.15, 0.2) is 48.5 Å². The first-order valence-electron chi connectivity index (χ1n) is 11.5. The predicted molar refractivity (Wildman–Crippen MR) is 123 cm³/mol. The van der Waals surface area contributed by atoms with Gasteiger partial charge >= 0.3 is 0 Å².